The summed E-state index contributed by atoms with van der Waals surface area (Å²) in [4.78, 5) is 0. The van der Waals surface area contributed by atoms with Crippen molar-refractivity contribution in [1.82, 2.24) is 0 Å². The van der Waals surface area contributed by atoms with Gasteiger partial charge in [-0.1, -0.05) is 44.0 Å². The third kappa shape index (κ3) is 4.55. The first-order chi connectivity index (χ1) is 8.94. The Bertz CT molecular complexity index is 383. The van der Waals surface area contributed by atoms with E-state index in [1.54, 1.807) is 0 Å². The molecule has 0 atom stereocenters. The molecule has 0 bridgehead atoms. The van der Waals surface area contributed by atoms with Crippen molar-refractivity contribution < 1.29 is 13.2 Å². The van der Waals surface area contributed by atoms with Crippen LogP contribution in [0.15, 0.2) is 24.3 Å². The van der Waals surface area contributed by atoms with Gasteiger partial charge in [-0.2, -0.15) is 13.2 Å². The fourth-order valence-corrected chi connectivity index (χ4v) is 2.84. The molecule has 1 fully saturated rings. The second-order valence-electron chi connectivity index (χ2n) is 5.81. The molecule has 1 saturated carbocycles. The maximum atomic E-state index is 12.1. The number of aryl methyl sites for hydroxylation is 1. The van der Waals surface area contributed by atoms with Crippen molar-refractivity contribution in [2.24, 2.45) is 5.92 Å². The molecule has 0 amide bonds. The molecular weight excluding hydrogens is 249 g/mol. The number of benzene rings is 1. The van der Waals surface area contributed by atoms with Crippen LogP contribution in [0.3, 0.4) is 0 Å². The van der Waals surface area contributed by atoms with Crippen LogP contribution in [0.2, 0.25) is 0 Å². The number of alkyl halides is 3. The Labute approximate surface area is 113 Å². The van der Waals surface area contributed by atoms with Crippen molar-refractivity contribution in [3.8, 4) is 0 Å². The molecule has 19 heavy (non-hydrogen) atoms. The molecule has 0 radical (unpaired) electrons. The molecule has 1 aliphatic carbocycles. The second kappa shape index (κ2) is 5.98. The standard InChI is InChI=1S/C16H21F3/c1-12-2-6-14(7-3-12)15-8-4-13(5-9-15)10-11-16(17,18)19/h4-5,8-9,12,14H,2-3,6-7,10-11H2,1H3/t12-,14-. The average molecular weight is 270 g/mol. The van der Waals surface area contributed by atoms with Crippen molar-refractivity contribution in [2.75, 3.05) is 0 Å². The van der Waals surface area contributed by atoms with Crippen molar-refractivity contribution in [3.63, 3.8) is 0 Å². The second-order valence-corrected chi connectivity index (χ2v) is 5.81. The molecule has 3 heteroatoms. The monoisotopic (exact) mass is 270 g/mol. The molecule has 2 rings (SSSR count). The van der Waals surface area contributed by atoms with Crippen molar-refractivity contribution >= 4 is 0 Å². The van der Waals surface area contributed by atoms with Crippen LogP contribution < -0.4 is 0 Å². The zero-order valence-electron chi connectivity index (χ0n) is 11.3. The lowest BCUT2D eigenvalue weighted by Crippen LogP contribution is -2.11. The van der Waals surface area contributed by atoms with Crippen LogP contribution in [0.4, 0.5) is 13.2 Å². The van der Waals surface area contributed by atoms with Gasteiger partial charge in [0.15, 0.2) is 0 Å². The van der Waals surface area contributed by atoms with Crippen LogP contribution in [0, 0.1) is 5.92 Å². The topological polar surface area (TPSA) is 0 Å². The fraction of sp³-hybridized carbons (Fsp3) is 0.625. The Morgan fingerprint density at radius 1 is 1.00 bits per heavy atom. The molecule has 0 aromatic heterocycles. The van der Waals surface area contributed by atoms with E-state index in [1.807, 2.05) is 24.3 Å². The highest BCUT2D eigenvalue weighted by Gasteiger charge is 2.26. The summed E-state index contributed by atoms with van der Waals surface area (Å²) in [5.74, 6) is 1.43. The Hall–Kier alpha value is -0.990. The third-order valence-corrected chi connectivity index (χ3v) is 4.16. The molecule has 106 valence electrons. The largest absolute Gasteiger partial charge is 0.389 e. The van der Waals surface area contributed by atoms with Gasteiger partial charge in [0.1, 0.15) is 0 Å². The van der Waals surface area contributed by atoms with Gasteiger partial charge in [-0.15, -0.1) is 0 Å². The highest BCUT2D eigenvalue weighted by Crippen LogP contribution is 2.35. The zero-order valence-corrected chi connectivity index (χ0v) is 11.3. The number of rotatable bonds is 3. The summed E-state index contributed by atoms with van der Waals surface area (Å²) < 4.78 is 36.4. The van der Waals surface area contributed by atoms with E-state index in [0.717, 1.165) is 11.5 Å². The van der Waals surface area contributed by atoms with Crippen LogP contribution in [0.5, 0.6) is 0 Å². The van der Waals surface area contributed by atoms with Crippen LogP contribution in [-0.4, -0.2) is 6.18 Å². The Balaban J connectivity index is 1.91. The molecule has 0 N–H and O–H groups in total. The van der Waals surface area contributed by atoms with Crippen molar-refractivity contribution in [3.05, 3.63) is 35.4 Å². The quantitative estimate of drug-likeness (QED) is 0.682. The van der Waals surface area contributed by atoms with Gasteiger partial charge in [0.2, 0.25) is 0 Å². The lowest BCUT2D eigenvalue weighted by molar-refractivity contribution is -0.133. The van der Waals surface area contributed by atoms with Crippen LogP contribution in [-0.2, 0) is 6.42 Å². The average Bonchev–Trinajstić information content (AvgIpc) is 2.37. The molecule has 0 unspecified atom stereocenters. The molecule has 0 heterocycles. The van der Waals surface area contributed by atoms with E-state index in [-0.39, 0.29) is 6.42 Å². The van der Waals surface area contributed by atoms with Gasteiger partial charge in [-0.3, -0.25) is 0 Å². The predicted molar refractivity (Wildman–Crippen MR) is 71.2 cm³/mol. The minimum Gasteiger partial charge on any atom is -0.171 e. The normalized spacial score (nSPS) is 24.4. The SMILES string of the molecule is C[C@H]1CC[C@H](c2ccc(CCC(F)(F)F)cc2)CC1. The maximum absolute atomic E-state index is 12.1. The fourth-order valence-electron chi connectivity index (χ4n) is 2.84. The predicted octanol–water partition coefficient (Wildman–Crippen LogP) is 5.48. The summed E-state index contributed by atoms with van der Waals surface area (Å²) in [7, 11) is 0. The number of hydrogen-bond donors (Lipinski definition) is 0. The molecule has 0 spiro atoms. The minimum absolute atomic E-state index is 0.0888. The van der Waals surface area contributed by atoms with Gasteiger partial charge < -0.3 is 0 Å². The summed E-state index contributed by atoms with van der Waals surface area (Å²) in [6.07, 6.45) is 0.254. The zero-order chi connectivity index (χ0) is 13.9. The summed E-state index contributed by atoms with van der Waals surface area (Å²) in [5, 5.41) is 0. The van der Waals surface area contributed by atoms with Gasteiger partial charge >= 0.3 is 6.18 Å². The summed E-state index contributed by atoms with van der Waals surface area (Å²) in [6.45, 7) is 2.29. The maximum Gasteiger partial charge on any atom is 0.389 e. The lowest BCUT2D eigenvalue weighted by atomic mass is 9.79. The van der Waals surface area contributed by atoms with E-state index in [1.165, 1.54) is 31.2 Å². The van der Waals surface area contributed by atoms with E-state index in [2.05, 4.69) is 6.92 Å². The molecule has 1 aliphatic rings. The van der Waals surface area contributed by atoms with Crippen LogP contribution >= 0.6 is 0 Å². The molecule has 1 aromatic carbocycles. The summed E-state index contributed by atoms with van der Waals surface area (Å²) in [5.41, 5.74) is 2.08. The van der Waals surface area contributed by atoms with E-state index >= 15 is 0 Å². The van der Waals surface area contributed by atoms with Gasteiger partial charge in [-0.25, -0.2) is 0 Å². The van der Waals surface area contributed by atoms with E-state index < -0.39 is 12.6 Å². The Kier molecular flexibility index (Phi) is 4.54. The molecule has 0 nitrogen and oxygen atoms in total. The number of halogens is 3. The van der Waals surface area contributed by atoms with Crippen LogP contribution in [0.25, 0.3) is 0 Å². The van der Waals surface area contributed by atoms with Crippen LogP contribution in [0.1, 0.15) is 56.1 Å². The third-order valence-electron chi connectivity index (χ3n) is 4.16. The van der Waals surface area contributed by atoms with Gasteiger partial charge in [-0.05, 0) is 42.2 Å². The van der Waals surface area contributed by atoms with Crippen molar-refractivity contribution in [2.45, 2.75) is 57.5 Å². The molecule has 1 aromatic rings. The highest BCUT2D eigenvalue weighted by molar-refractivity contribution is 5.26. The first kappa shape index (κ1) is 14.4. The first-order valence-corrected chi connectivity index (χ1v) is 7.09. The molecule has 0 aliphatic heterocycles. The van der Waals surface area contributed by atoms with E-state index in [0.29, 0.717) is 5.92 Å². The van der Waals surface area contributed by atoms with Gasteiger partial charge in [0.05, 0.1) is 0 Å². The molecular formula is C16H21F3. The van der Waals surface area contributed by atoms with E-state index in [9.17, 15) is 13.2 Å². The number of hydrogen-bond acceptors (Lipinski definition) is 0. The summed E-state index contributed by atoms with van der Waals surface area (Å²) >= 11 is 0. The first-order valence-electron chi connectivity index (χ1n) is 7.09. The van der Waals surface area contributed by atoms with Gasteiger partial charge in [0.25, 0.3) is 0 Å². The Morgan fingerprint density at radius 2 is 1.58 bits per heavy atom. The van der Waals surface area contributed by atoms with Gasteiger partial charge in [0, 0.05) is 6.42 Å². The smallest absolute Gasteiger partial charge is 0.171 e. The lowest BCUT2D eigenvalue weighted by Gasteiger charge is -2.26. The summed E-state index contributed by atoms with van der Waals surface area (Å²) in [6, 6.07) is 7.76. The van der Waals surface area contributed by atoms with Crippen molar-refractivity contribution in [1.29, 1.82) is 0 Å². The van der Waals surface area contributed by atoms with E-state index in [4.69, 9.17) is 0 Å². The Morgan fingerprint density at radius 3 is 2.11 bits per heavy atom. The highest BCUT2D eigenvalue weighted by atomic mass is 19.4. The molecule has 0 saturated heterocycles. The minimum atomic E-state index is -4.06.